The maximum Gasteiger partial charge on any atom is 0.254 e. The van der Waals surface area contributed by atoms with Gasteiger partial charge in [0.1, 0.15) is 0 Å². The fourth-order valence-electron chi connectivity index (χ4n) is 3.72. The van der Waals surface area contributed by atoms with Gasteiger partial charge in [0.25, 0.3) is 5.91 Å². The first-order valence-electron chi connectivity index (χ1n) is 9.66. The molecular weight excluding hydrogens is 352 g/mol. The van der Waals surface area contributed by atoms with E-state index in [9.17, 15) is 4.79 Å². The molecule has 0 N–H and O–H groups in total. The SMILES string of the molecule is Cc1cc(CN(C)C(=O)c2cccc(-c3nc(C)c4c(n3)CCCC4)c2)on1. The Morgan fingerprint density at radius 3 is 2.75 bits per heavy atom. The van der Waals surface area contributed by atoms with Gasteiger partial charge in [0, 0.05) is 35.6 Å². The number of hydrogen-bond donors (Lipinski definition) is 0. The number of benzene rings is 1. The summed E-state index contributed by atoms with van der Waals surface area (Å²) in [5, 5.41) is 3.87. The number of rotatable bonds is 4. The molecule has 0 saturated heterocycles. The van der Waals surface area contributed by atoms with Crippen LogP contribution in [0.3, 0.4) is 0 Å². The van der Waals surface area contributed by atoms with Crippen LogP contribution in [0.4, 0.5) is 0 Å². The molecule has 0 spiro atoms. The monoisotopic (exact) mass is 376 g/mol. The zero-order valence-electron chi connectivity index (χ0n) is 16.5. The van der Waals surface area contributed by atoms with E-state index < -0.39 is 0 Å². The highest BCUT2D eigenvalue weighted by Crippen LogP contribution is 2.26. The van der Waals surface area contributed by atoms with Crippen molar-refractivity contribution in [3.05, 3.63) is 64.3 Å². The molecule has 0 bridgehead atoms. The topological polar surface area (TPSA) is 72.1 Å². The van der Waals surface area contributed by atoms with Crippen LogP contribution in [0.15, 0.2) is 34.9 Å². The van der Waals surface area contributed by atoms with Crippen molar-refractivity contribution in [2.24, 2.45) is 0 Å². The highest BCUT2D eigenvalue weighted by atomic mass is 16.5. The van der Waals surface area contributed by atoms with Crippen LogP contribution in [0.2, 0.25) is 0 Å². The van der Waals surface area contributed by atoms with Gasteiger partial charge in [0.2, 0.25) is 0 Å². The first-order chi connectivity index (χ1) is 13.5. The first kappa shape index (κ1) is 18.3. The van der Waals surface area contributed by atoms with Crippen LogP contribution in [-0.4, -0.2) is 33.0 Å². The van der Waals surface area contributed by atoms with Crippen molar-refractivity contribution in [1.82, 2.24) is 20.0 Å². The van der Waals surface area contributed by atoms with Gasteiger partial charge in [-0.25, -0.2) is 9.97 Å². The van der Waals surface area contributed by atoms with Gasteiger partial charge in [0.05, 0.1) is 12.2 Å². The maximum absolute atomic E-state index is 12.9. The molecule has 1 aromatic carbocycles. The fourth-order valence-corrected chi connectivity index (χ4v) is 3.72. The van der Waals surface area contributed by atoms with Gasteiger partial charge in [-0.1, -0.05) is 17.3 Å². The molecule has 1 aliphatic rings. The zero-order chi connectivity index (χ0) is 19.7. The van der Waals surface area contributed by atoms with Gasteiger partial charge in [-0.2, -0.15) is 0 Å². The lowest BCUT2D eigenvalue weighted by Crippen LogP contribution is -2.26. The van der Waals surface area contributed by atoms with Crippen LogP contribution >= 0.6 is 0 Å². The molecule has 1 amide bonds. The molecule has 0 unspecified atom stereocenters. The van der Waals surface area contributed by atoms with E-state index in [2.05, 4.69) is 12.1 Å². The standard InChI is InChI=1S/C22H24N4O2/c1-14-11-18(28-25-14)13-26(3)22(27)17-8-6-7-16(12-17)21-23-15(2)19-9-4-5-10-20(19)24-21/h6-8,11-12H,4-5,9-10,13H2,1-3H3. The van der Waals surface area contributed by atoms with Gasteiger partial charge in [-0.05, 0) is 57.2 Å². The summed E-state index contributed by atoms with van der Waals surface area (Å²) in [5.41, 5.74) is 5.78. The van der Waals surface area contributed by atoms with E-state index in [4.69, 9.17) is 14.5 Å². The third-order valence-electron chi connectivity index (χ3n) is 5.17. The minimum absolute atomic E-state index is 0.0782. The van der Waals surface area contributed by atoms with Crippen LogP contribution < -0.4 is 0 Å². The van der Waals surface area contributed by atoms with Crippen LogP contribution in [0.1, 0.15) is 51.6 Å². The van der Waals surface area contributed by atoms with Gasteiger partial charge in [-0.3, -0.25) is 4.79 Å². The molecule has 0 saturated carbocycles. The van der Waals surface area contributed by atoms with E-state index in [0.717, 1.165) is 35.5 Å². The molecule has 28 heavy (non-hydrogen) atoms. The Labute approximate surface area is 164 Å². The lowest BCUT2D eigenvalue weighted by Gasteiger charge is -2.18. The smallest absolute Gasteiger partial charge is 0.254 e. The summed E-state index contributed by atoms with van der Waals surface area (Å²) in [5.74, 6) is 1.28. The summed E-state index contributed by atoms with van der Waals surface area (Å²) in [6, 6.07) is 9.37. The Kier molecular flexibility index (Phi) is 4.94. The Morgan fingerprint density at radius 1 is 1.14 bits per heavy atom. The molecule has 144 valence electrons. The Bertz CT molecular complexity index is 1030. The molecule has 1 aliphatic carbocycles. The highest BCUT2D eigenvalue weighted by Gasteiger charge is 2.18. The summed E-state index contributed by atoms with van der Waals surface area (Å²) in [7, 11) is 1.76. The Morgan fingerprint density at radius 2 is 1.96 bits per heavy atom. The minimum Gasteiger partial charge on any atom is -0.359 e. The number of fused-ring (bicyclic) bond motifs is 1. The van der Waals surface area contributed by atoms with Crippen molar-refractivity contribution in [3.8, 4) is 11.4 Å². The molecule has 0 radical (unpaired) electrons. The van der Waals surface area contributed by atoms with Crippen LogP contribution in [-0.2, 0) is 19.4 Å². The van der Waals surface area contributed by atoms with Gasteiger partial charge in [-0.15, -0.1) is 0 Å². The molecule has 4 rings (SSSR count). The third kappa shape index (κ3) is 3.67. The Hall–Kier alpha value is -3.02. The second-order valence-electron chi connectivity index (χ2n) is 7.44. The normalized spacial score (nSPS) is 13.2. The van der Waals surface area contributed by atoms with Crippen molar-refractivity contribution in [2.45, 2.75) is 46.1 Å². The first-order valence-corrected chi connectivity index (χ1v) is 9.66. The van der Waals surface area contributed by atoms with Gasteiger partial charge >= 0.3 is 0 Å². The second kappa shape index (κ2) is 7.54. The van der Waals surface area contributed by atoms with E-state index in [-0.39, 0.29) is 5.91 Å². The fraction of sp³-hybridized carbons (Fsp3) is 0.364. The minimum atomic E-state index is -0.0782. The second-order valence-corrected chi connectivity index (χ2v) is 7.44. The third-order valence-corrected chi connectivity index (χ3v) is 5.17. The summed E-state index contributed by atoms with van der Waals surface area (Å²) in [6.45, 7) is 4.29. The van der Waals surface area contributed by atoms with E-state index in [0.29, 0.717) is 23.7 Å². The number of aromatic nitrogens is 3. The molecule has 6 nitrogen and oxygen atoms in total. The van der Waals surface area contributed by atoms with E-state index >= 15 is 0 Å². The van der Waals surface area contributed by atoms with Gasteiger partial charge in [0.15, 0.2) is 11.6 Å². The van der Waals surface area contributed by atoms with Crippen molar-refractivity contribution >= 4 is 5.91 Å². The number of carbonyl (C=O) groups excluding carboxylic acids is 1. The number of amides is 1. The zero-order valence-corrected chi connectivity index (χ0v) is 16.5. The molecule has 2 heterocycles. The van der Waals surface area contributed by atoms with Crippen molar-refractivity contribution in [3.63, 3.8) is 0 Å². The van der Waals surface area contributed by atoms with Crippen molar-refractivity contribution < 1.29 is 9.32 Å². The average Bonchev–Trinajstić information content (AvgIpc) is 3.12. The van der Waals surface area contributed by atoms with Crippen LogP contribution in [0.5, 0.6) is 0 Å². The molecule has 0 aliphatic heterocycles. The van der Waals surface area contributed by atoms with E-state index in [1.54, 1.807) is 11.9 Å². The van der Waals surface area contributed by atoms with Crippen molar-refractivity contribution in [1.29, 1.82) is 0 Å². The lowest BCUT2D eigenvalue weighted by atomic mass is 9.94. The molecular formula is C22H24N4O2. The van der Waals surface area contributed by atoms with Gasteiger partial charge < -0.3 is 9.42 Å². The molecule has 3 aromatic rings. The molecule has 6 heteroatoms. The number of aryl methyl sites for hydroxylation is 3. The molecule has 2 aromatic heterocycles. The van der Waals surface area contributed by atoms with E-state index in [1.165, 1.54) is 18.4 Å². The summed E-state index contributed by atoms with van der Waals surface area (Å²) in [4.78, 5) is 24.0. The largest absolute Gasteiger partial charge is 0.359 e. The maximum atomic E-state index is 12.9. The summed E-state index contributed by atoms with van der Waals surface area (Å²) >= 11 is 0. The lowest BCUT2D eigenvalue weighted by molar-refractivity contribution is 0.0772. The van der Waals surface area contributed by atoms with E-state index in [1.807, 2.05) is 37.3 Å². The number of hydrogen-bond acceptors (Lipinski definition) is 5. The summed E-state index contributed by atoms with van der Waals surface area (Å²) in [6.07, 6.45) is 4.44. The van der Waals surface area contributed by atoms with Crippen molar-refractivity contribution in [2.75, 3.05) is 7.05 Å². The Balaban J connectivity index is 1.59. The summed E-state index contributed by atoms with van der Waals surface area (Å²) < 4.78 is 5.22. The molecule has 0 atom stereocenters. The molecule has 0 fully saturated rings. The van der Waals surface area contributed by atoms with Crippen LogP contribution in [0, 0.1) is 13.8 Å². The van der Waals surface area contributed by atoms with Crippen LogP contribution in [0.25, 0.3) is 11.4 Å². The average molecular weight is 376 g/mol. The quantitative estimate of drug-likeness (QED) is 0.690. The number of carbonyl (C=O) groups is 1. The number of nitrogens with zero attached hydrogens (tertiary/aromatic N) is 4. The predicted octanol–water partition coefficient (Wildman–Crippen LogP) is 3.90. The predicted molar refractivity (Wildman–Crippen MR) is 106 cm³/mol. The highest BCUT2D eigenvalue weighted by molar-refractivity contribution is 5.95.